The lowest BCUT2D eigenvalue weighted by Crippen LogP contribution is -2.39. The van der Waals surface area contributed by atoms with E-state index in [0.29, 0.717) is 41.2 Å². The van der Waals surface area contributed by atoms with E-state index in [0.717, 1.165) is 11.4 Å². The Kier molecular flexibility index (Phi) is 5.08. The van der Waals surface area contributed by atoms with Crippen LogP contribution in [0.5, 0.6) is 5.75 Å². The molecular formula is C27H26N2O4. The van der Waals surface area contributed by atoms with Crippen LogP contribution >= 0.6 is 0 Å². The summed E-state index contributed by atoms with van der Waals surface area (Å²) in [6.07, 6.45) is 2.68. The molecule has 1 aliphatic heterocycles. The summed E-state index contributed by atoms with van der Waals surface area (Å²) < 4.78 is 11.1. The lowest BCUT2D eigenvalue weighted by atomic mass is 9.74. The molecule has 1 atom stereocenters. The van der Waals surface area contributed by atoms with Crippen molar-refractivity contribution in [3.8, 4) is 5.75 Å². The fraction of sp³-hybridized carbons (Fsp3) is 0.259. The number of anilines is 2. The van der Waals surface area contributed by atoms with Gasteiger partial charge in [-0.05, 0) is 60.4 Å². The number of allylic oxidation sites excluding steroid dienone is 1. The summed E-state index contributed by atoms with van der Waals surface area (Å²) >= 11 is 0. The van der Waals surface area contributed by atoms with Gasteiger partial charge in [0.15, 0.2) is 5.78 Å². The molecule has 0 fully saturated rings. The number of amides is 1. The second-order valence-corrected chi connectivity index (χ2v) is 9.30. The van der Waals surface area contributed by atoms with Crippen LogP contribution in [-0.2, 0) is 4.79 Å². The lowest BCUT2D eigenvalue weighted by molar-refractivity contribution is -0.118. The lowest BCUT2D eigenvalue weighted by Gasteiger charge is -2.36. The number of ether oxygens (including phenoxy) is 1. The van der Waals surface area contributed by atoms with E-state index in [4.69, 9.17) is 9.15 Å². The molecule has 33 heavy (non-hydrogen) atoms. The maximum absolute atomic E-state index is 14.0. The fourth-order valence-electron chi connectivity index (χ4n) is 4.80. The number of hydrogen-bond donors (Lipinski definition) is 1. The van der Waals surface area contributed by atoms with E-state index in [2.05, 4.69) is 19.2 Å². The number of fused-ring (bicyclic) bond motifs is 1. The number of hydrogen-bond acceptors (Lipinski definition) is 5. The average molecular weight is 443 g/mol. The van der Waals surface area contributed by atoms with Crippen molar-refractivity contribution < 1.29 is 18.7 Å². The van der Waals surface area contributed by atoms with Crippen LogP contribution in [-0.4, -0.2) is 18.8 Å². The molecule has 0 spiro atoms. The second-order valence-electron chi connectivity index (χ2n) is 9.30. The summed E-state index contributed by atoms with van der Waals surface area (Å²) in [4.78, 5) is 29.2. The van der Waals surface area contributed by atoms with Crippen LogP contribution in [0.15, 0.2) is 82.6 Å². The first-order valence-electron chi connectivity index (χ1n) is 11.0. The Morgan fingerprint density at radius 2 is 1.82 bits per heavy atom. The molecule has 0 saturated heterocycles. The molecule has 6 nitrogen and oxygen atoms in total. The van der Waals surface area contributed by atoms with Gasteiger partial charge < -0.3 is 14.5 Å². The minimum absolute atomic E-state index is 0.0236. The number of ketones is 1. The monoisotopic (exact) mass is 442 g/mol. The number of Topliss-reactive ketones (excluding diaryl/α,β-unsaturated/α-hetero) is 1. The third-order valence-electron chi connectivity index (χ3n) is 6.27. The van der Waals surface area contributed by atoms with Crippen molar-refractivity contribution in [2.24, 2.45) is 5.41 Å². The van der Waals surface area contributed by atoms with Crippen molar-refractivity contribution in [3.63, 3.8) is 0 Å². The quantitative estimate of drug-likeness (QED) is 0.560. The third kappa shape index (κ3) is 3.71. The van der Waals surface area contributed by atoms with Gasteiger partial charge in [-0.25, -0.2) is 0 Å². The van der Waals surface area contributed by atoms with E-state index >= 15 is 0 Å². The first-order chi connectivity index (χ1) is 15.9. The summed E-state index contributed by atoms with van der Waals surface area (Å²) in [6, 6.07) is 17.6. The SMILES string of the molecule is COc1ccc(C(=O)N2c3ccccc3NC3=C(C(=O)CC(C)(C)C3)[C@H]2c2ccco2)cc1. The van der Waals surface area contributed by atoms with Gasteiger partial charge in [-0.1, -0.05) is 26.0 Å². The number of rotatable bonds is 3. The summed E-state index contributed by atoms with van der Waals surface area (Å²) in [5.74, 6) is 1.02. The van der Waals surface area contributed by atoms with Crippen LogP contribution in [0, 0.1) is 5.41 Å². The number of nitrogens with one attached hydrogen (secondary N) is 1. The smallest absolute Gasteiger partial charge is 0.259 e. The third-order valence-corrected chi connectivity index (χ3v) is 6.27. The van der Waals surface area contributed by atoms with Gasteiger partial charge in [-0.3, -0.25) is 14.5 Å². The second kappa shape index (κ2) is 7.96. The Morgan fingerprint density at radius 3 is 2.52 bits per heavy atom. The zero-order valence-electron chi connectivity index (χ0n) is 18.9. The zero-order chi connectivity index (χ0) is 23.2. The van der Waals surface area contributed by atoms with Gasteiger partial charge in [0.1, 0.15) is 17.6 Å². The van der Waals surface area contributed by atoms with Gasteiger partial charge in [-0.2, -0.15) is 0 Å². The molecule has 5 rings (SSSR count). The molecule has 0 saturated carbocycles. The number of carbonyl (C=O) groups is 2. The van der Waals surface area contributed by atoms with Crippen molar-refractivity contribution in [3.05, 3.63) is 89.5 Å². The van der Waals surface area contributed by atoms with Gasteiger partial charge in [-0.15, -0.1) is 0 Å². The summed E-state index contributed by atoms with van der Waals surface area (Å²) in [5.41, 5.74) is 3.22. The van der Waals surface area contributed by atoms with Crippen LogP contribution in [0.1, 0.15) is 48.8 Å². The maximum atomic E-state index is 14.0. The minimum atomic E-state index is -0.677. The van der Waals surface area contributed by atoms with Crippen LogP contribution in [0.2, 0.25) is 0 Å². The highest BCUT2D eigenvalue weighted by atomic mass is 16.5. The molecule has 0 radical (unpaired) electrons. The Balaban J connectivity index is 1.74. The van der Waals surface area contributed by atoms with Crippen LogP contribution in [0.4, 0.5) is 11.4 Å². The summed E-state index contributed by atoms with van der Waals surface area (Å²) in [7, 11) is 1.59. The van der Waals surface area contributed by atoms with E-state index < -0.39 is 6.04 Å². The molecular weight excluding hydrogens is 416 g/mol. The van der Waals surface area contributed by atoms with Crippen molar-refractivity contribution >= 4 is 23.1 Å². The first-order valence-corrected chi connectivity index (χ1v) is 11.0. The van der Waals surface area contributed by atoms with Crippen molar-refractivity contribution in [2.45, 2.75) is 32.7 Å². The Labute approximate surface area is 192 Å². The molecule has 6 heteroatoms. The van der Waals surface area contributed by atoms with Crippen molar-refractivity contribution in [1.82, 2.24) is 0 Å². The van der Waals surface area contributed by atoms with Gasteiger partial charge in [0, 0.05) is 23.3 Å². The summed E-state index contributed by atoms with van der Waals surface area (Å²) in [6.45, 7) is 4.19. The molecule has 3 aromatic rings. The molecule has 0 bridgehead atoms. The molecule has 1 N–H and O–H groups in total. The molecule has 1 aromatic heterocycles. The molecule has 1 amide bonds. The van der Waals surface area contributed by atoms with Crippen molar-refractivity contribution in [1.29, 1.82) is 0 Å². The maximum Gasteiger partial charge on any atom is 0.259 e. The molecule has 1 aliphatic carbocycles. The van der Waals surface area contributed by atoms with E-state index in [1.807, 2.05) is 30.3 Å². The highest BCUT2D eigenvalue weighted by molar-refractivity contribution is 6.12. The number of para-hydroxylation sites is 2. The average Bonchev–Trinajstić information content (AvgIpc) is 3.28. The molecule has 2 aliphatic rings. The van der Waals surface area contributed by atoms with Crippen LogP contribution in [0.3, 0.4) is 0 Å². The Hall–Kier alpha value is -3.80. The Morgan fingerprint density at radius 1 is 1.06 bits per heavy atom. The topological polar surface area (TPSA) is 71.8 Å². The van der Waals surface area contributed by atoms with E-state index in [1.165, 1.54) is 0 Å². The van der Waals surface area contributed by atoms with E-state index in [9.17, 15) is 9.59 Å². The number of carbonyl (C=O) groups excluding carboxylic acids is 2. The Bertz CT molecular complexity index is 1240. The molecule has 2 aromatic carbocycles. The van der Waals surface area contributed by atoms with Crippen LogP contribution < -0.4 is 15.0 Å². The standard InChI is InChI=1S/C27H26N2O4/c1-27(2)15-20-24(22(30)16-27)25(23-9-6-14-33-23)29(21-8-5-4-7-19(21)28-20)26(31)17-10-12-18(32-3)13-11-17/h4-14,25,28H,15-16H2,1-3H3/t25-/m1/s1. The predicted octanol–water partition coefficient (Wildman–Crippen LogP) is 5.75. The van der Waals surface area contributed by atoms with Crippen LogP contribution in [0.25, 0.3) is 0 Å². The summed E-state index contributed by atoms with van der Waals surface area (Å²) in [5, 5.41) is 3.50. The van der Waals surface area contributed by atoms with Gasteiger partial charge >= 0.3 is 0 Å². The normalized spacial score (nSPS) is 19.3. The molecule has 0 unspecified atom stereocenters. The number of methoxy groups -OCH3 is 1. The molecule has 168 valence electrons. The number of nitrogens with zero attached hydrogens (tertiary/aromatic N) is 1. The minimum Gasteiger partial charge on any atom is -0.497 e. The highest BCUT2D eigenvalue weighted by Crippen LogP contribution is 2.48. The van der Waals surface area contributed by atoms with Gasteiger partial charge in [0.25, 0.3) is 5.91 Å². The van der Waals surface area contributed by atoms with Crippen molar-refractivity contribution in [2.75, 3.05) is 17.3 Å². The first kappa shape index (κ1) is 21.1. The predicted molar refractivity (Wildman–Crippen MR) is 126 cm³/mol. The zero-order valence-corrected chi connectivity index (χ0v) is 18.9. The van der Waals surface area contributed by atoms with E-state index in [-0.39, 0.29) is 17.1 Å². The fourth-order valence-corrected chi connectivity index (χ4v) is 4.80. The largest absolute Gasteiger partial charge is 0.497 e. The highest BCUT2D eigenvalue weighted by Gasteiger charge is 2.44. The van der Waals surface area contributed by atoms with E-state index in [1.54, 1.807) is 48.6 Å². The molecule has 2 heterocycles. The van der Waals surface area contributed by atoms with Gasteiger partial charge in [0.05, 0.1) is 24.7 Å². The number of furan rings is 1. The van der Waals surface area contributed by atoms with Gasteiger partial charge in [0.2, 0.25) is 0 Å². The number of benzene rings is 2.